The predicted molar refractivity (Wildman–Crippen MR) is 50.2 cm³/mol. The lowest BCUT2D eigenvalue weighted by atomic mass is 9.98. The Morgan fingerprint density at radius 3 is 2.42 bits per heavy atom. The minimum Gasteiger partial charge on any atom is -0.396 e. The van der Waals surface area contributed by atoms with E-state index in [9.17, 15) is 0 Å². The van der Waals surface area contributed by atoms with Crippen LogP contribution in [0.5, 0.6) is 0 Å². The Bertz CT molecular complexity index is 130. The smallest absolute Gasteiger partial charge is 0.0448 e. The van der Waals surface area contributed by atoms with Crippen LogP contribution in [0.3, 0.4) is 0 Å². The van der Waals surface area contributed by atoms with Crippen molar-refractivity contribution in [3.05, 3.63) is 0 Å². The van der Waals surface area contributed by atoms with E-state index in [1.165, 1.54) is 0 Å². The molecular weight excluding hydrogens is 152 g/mol. The van der Waals surface area contributed by atoms with Crippen LogP contribution in [0.15, 0.2) is 0 Å². The van der Waals surface area contributed by atoms with E-state index in [0.29, 0.717) is 0 Å². The van der Waals surface area contributed by atoms with E-state index < -0.39 is 0 Å². The van der Waals surface area contributed by atoms with Crippen molar-refractivity contribution in [2.24, 2.45) is 0 Å². The molecule has 1 heterocycles. The van der Waals surface area contributed by atoms with Gasteiger partial charge in [-0.05, 0) is 20.3 Å². The summed E-state index contributed by atoms with van der Waals surface area (Å²) in [6, 6.07) is 0. The van der Waals surface area contributed by atoms with Gasteiger partial charge in [0, 0.05) is 38.3 Å². The Kier molecular flexibility index (Phi) is 3.50. The molecule has 12 heavy (non-hydrogen) atoms. The topological polar surface area (TPSA) is 35.5 Å². The highest BCUT2D eigenvalue weighted by Crippen LogP contribution is 2.18. The zero-order chi connectivity index (χ0) is 9.03. The first kappa shape index (κ1) is 9.96. The van der Waals surface area contributed by atoms with Gasteiger partial charge in [0.1, 0.15) is 0 Å². The largest absolute Gasteiger partial charge is 0.396 e. The number of nitrogens with one attached hydrogen (secondary N) is 1. The molecule has 1 fully saturated rings. The van der Waals surface area contributed by atoms with Crippen molar-refractivity contribution in [1.82, 2.24) is 10.2 Å². The quantitative estimate of drug-likeness (QED) is 0.631. The van der Waals surface area contributed by atoms with Crippen LogP contribution in [0.1, 0.15) is 20.3 Å². The first-order valence-corrected chi connectivity index (χ1v) is 4.73. The van der Waals surface area contributed by atoms with Crippen LogP contribution in [-0.2, 0) is 0 Å². The van der Waals surface area contributed by atoms with E-state index in [-0.39, 0.29) is 12.1 Å². The second-order valence-electron chi connectivity index (χ2n) is 4.02. The molecule has 3 nitrogen and oxygen atoms in total. The van der Waals surface area contributed by atoms with Crippen LogP contribution in [-0.4, -0.2) is 48.3 Å². The number of rotatable bonds is 3. The van der Waals surface area contributed by atoms with Gasteiger partial charge >= 0.3 is 0 Å². The summed E-state index contributed by atoms with van der Waals surface area (Å²) < 4.78 is 0. The number of aliphatic hydroxyl groups excluding tert-OH is 1. The first-order valence-electron chi connectivity index (χ1n) is 4.73. The average molecular weight is 172 g/mol. The number of aliphatic hydroxyl groups is 1. The van der Waals surface area contributed by atoms with Gasteiger partial charge in [0.15, 0.2) is 0 Å². The molecule has 3 heteroatoms. The molecular formula is C9H20N2O. The van der Waals surface area contributed by atoms with E-state index in [2.05, 4.69) is 24.1 Å². The second kappa shape index (κ2) is 4.21. The van der Waals surface area contributed by atoms with Gasteiger partial charge in [-0.15, -0.1) is 0 Å². The molecule has 0 atom stereocenters. The number of nitrogens with zero attached hydrogens (tertiary/aromatic N) is 1. The van der Waals surface area contributed by atoms with Crippen molar-refractivity contribution < 1.29 is 5.11 Å². The fourth-order valence-corrected chi connectivity index (χ4v) is 1.70. The Morgan fingerprint density at radius 1 is 1.33 bits per heavy atom. The molecule has 0 aromatic heterocycles. The van der Waals surface area contributed by atoms with Gasteiger partial charge in [-0.1, -0.05) is 0 Å². The lowest BCUT2D eigenvalue weighted by molar-refractivity contribution is 0.0774. The Balaban J connectivity index is 2.41. The SMILES string of the molecule is CC(C)(CCO)N1CCNCC1. The maximum Gasteiger partial charge on any atom is 0.0448 e. The van der Waals surface area contributed by atoms with Crippen LogP contribution >= 0.6 is 0 Å². The second-order valence-corrected chi connectivity index (χ2v) is 4.02. The number of hydrogen-bond donors (Lipinski definition) is 2. The highest BCUT2D eigenvalue weighted by Gasteiger charge is 2.26. The van der Waals surface area contributed by atoms with Gasteiger partial charge in [0.05, 0.1) is 0 Å². The monoisotopic (exact) mass is 172 g/mol. The molecule has 0 aliphatic carbocycles. The fourth-order valence-electron chi connectivity index (χ4n) is 1.70. The van der Waals surface area contributed by atoms with Crippen molar-refractivity contribution in [1.29, 1.82) is 0 Å². The van der Waals surface area contributed by atoms with Gasteiger partial charge in [0.2, 0.25) is 0 Å². The predicted octanol–water partition coefficient (Wildman–Crippen LogP) is 0.0526. The van der Waals surface area contributed by atoms with Crippen LogP contribution in [0.2, 0.25) is 0 Å². The minimum atomic E-state index is 0.164. The summed E-state index contributed by atoms with van der Waals surface area (Å²) in [5.41, 5.74) is 0.164. The van der Waals surface area contributed by atoms with Crippen molar-refractivity contribution in [2.45, 2.75) is 25.8 Å². The van der Waals surface area contributed by atoms with Gasteiger partial charge < -0.3 is 10.4 Å². The summed E-state index contributed by atoms with van der Waals surface area (Å²) in [5.74, 6) is 0. The molecule has 0 spiro atoms. The number of hydrogen-bond acceptors (Lipinski definition) is 3. The summed E-state index contributed by atoms with van der Waals surface area (Å²) >= 11 is 0. The van der Waals surface area contributed by atoms with E-state index in [1.807, 2.05) is 0 Å². The molecule has 0 saturated carbocycles. The van der Waals surface area contributed by atoms with Crippen LogP contribution in [0, 0.1) is 0 Å². The molecule has 0 radical (unpaired) electrons. The Labute approximate surface area is 74.8 Å². The third kappa shape index (κ3) is 2.44. The Hall–Kier alpha value is -0.120. The van der Waals surface area contributed by atoms with E-state index in [0.717, 1.165) is 32.6 Å². The molecule has 0 bridgehead atoms. The van der Waals surface area contributed by atoms with Crippen molar-refractivity contribution in [3.63, 3.8) is 0 Å². The van der Waals surface area contributed by atoms with Gasteiger partial charge in [-0.25, -0.2) is 0 Å². The molecule has 1 aliphatic heterocycles. The van der Waals surface area contributed by atoms with Gasteiger partial charge in [0.25, 0.3) is 0 Å². The molecule has 1 saturated heterocycles. The normalized spacial score (nSPS) is 21.2. The van der Waals surface area contributed by atoms with Gasteiger partial charge in [-0.3, -0.25) is 4.90 Å². The summed E-state index contributed by atoms with van der Waals surface area (Å²) in [4.78, 5) is 2.44. The molecule has 0 aromatic carbocycles. The summed E-state index contributed by atoms with van der Waals surface area (Å²) in [5, 5.41) is 12.2. The summed E-state index contributed by atoms with van der Waals surface area (Å²) in [7, 11) is 0. The molecule has 1 rings (SSSR count). The molecule has 0 amide bonds. The maximum atomic E-state index is 8.89. The van der Waals surface area contributed by atoms with E-state index in [1.54, 1.807) is 0 Å². The van der Waals surface area contributed by atoms with E-state index >= 15 is 0 Å². The van der Waals surface area contributed by atoms with Crippen molar-refractivity contribution in [3.8, 4) is 0 Å². The van der Waals surface area contributed by atoms with Crippen molar-refractivity contribution in [2.75, 3.05) is 32.8 Å². The molecule has 72 valence electrons. The highest BCUT2D eigenvalue weighted by molar-refractivity contribution is 4.84. The minimum absolute atomic E-state index is 0.164. The molecule has 2 N–H and O–H groups in total. The van der Waals surface area contributed by atoms with Crippen LogP contribution in [0.25, 0.3) is 0 Å². The van der Waals surface area contributed by atoms with Crippen LogP contribution in [0.4, 0.5) is 0 Å². The zero-order valence-corrected chi connectivity index (χ0v) is 8.14. The maximum absolute atomic E-state index is 8.89. The van der Waals surface area contributed by atoms with Crippen LogP contribution < -0.4 is 5.32 Å². The number of piperazine rings is 1. The highest BCUT2D eigenvalue weighted by atomic mass is 16.3. The van der Waals surface area contributed by atoms with Gasteiger partial charge in [-0.2, -0.15) is 0 Å². The lowest BCUT2D eigenvalue weighted by Crippen LogP contribution is -2.53. The summed E-state index contributed by atoms with van der Waals surface area (Å²) in [6.07, 6.45) is 0.868. The standard InChI is InChI=1S/C9H20N2O/c1-9(2,3-8-12)11-6-4-10-5-7-11/h10,12H,3-8H2,1-2H3. The summed E-state index contributed by atoms with van der Waals surface area (Å²) in [6.45, 7) is 9.06. The molecule has 0 unspecified atom stereocenters. The zero-order valence-electron chi connectivity index (χ0n) is 8.14. The molecule has 0 aromatic rings. The van der Waals surface area contributed by atoms with Crippen molar-refractivity contribution >= 4 is 0 Å². The molecule has 1 aliphatic rings. The van der Waals surface area contributed by atoms with E-state index in [4.69, 9.17) is 5.11 Å². The Morgan fingerprint density at radius 2 is 1.92 bits per heavy atom. The lowest BCUT2D eigenvalue weighted by Gasteiger charge is -2.41. The first-order chi connectivity index (χ1) is 5.67. The average Bonchev–Trinajstić information content (AvgIpc) is 2.06. The fraction of sp³-hybridized carbons (Fsp3) is 1.00. The third-order valence-corrected chi connectivity index (χ3v) is 2.70. The third-order valence-electron chi connectivity index (χ3n) is 2.70.